The summed E-state index contributed by atoms with van der Waals surface area (Å²) in [6.07, 6.45) is 0.597. The predicted octanol–water partition coefficient (Wildman–Crippen LogP) is 5.09. The molecule has 1 amide bonds. The number of rotatable bonds is 8. The average molecular weight is 460 g/mol. The summed E-state index contributed by atoms with van der Waals surface area (Å²) in [5.74, 6) is -0.776. The van der Waals surface area contributed by atoms with Crippen molar-refractivity contribution in [2.45, 2.75) is 32.4 Å². The van der Waals surface area contributed by atoms with Crippen molar-refractivity contribution in [2.24, 2.45) is 0 Å². The molecule has 3 aromatic rings. The topological polar surface area (TPSA) is 76.1 Å². The first-order valence-electron chi connectivity index (χ1n) is 11.4. The van der Waals surface area contributed by atoms with Crippen LogP contribution in [0.3, 0.4) is 0 Å². The Morgan fingerprint density at radius 3 is 2.41 bits per heavy atom. The Bertz CT molecular complexity index is 1220. The molecule has 1 aliphatic rings. The number of nitrogens with zero attached hydrogens (tertiary/aromatic N) is 1. The largest absolute Gasteiger partial charge is 0.507 e. The highest BCUT2D eigenvalue weighted by Gasteiger charge is 2.45. The molecule has 1 saturated heterocycles. The number of ether oxygens (including phenoxy) is 2. The number of ketones is 1. The van der Waals surface area contributed by atoms with Crippen LogP contribution in [0.5, 0.6) is 5.75 Å². The molecule has 1 heterocycles. The van der Waals surface area contributed by atoms with Crippen LogP contribution in [0, 0.1) is 0 Å². The molecule has 0 bridgehead atoms. The molecule has 1 fully saturated rings. The first-order valence-corrected chi connectivity index (χ1v) is 11.4. The highest BCUT2D eigenvalue weighted by Crippen LogP contribution is 2.41. The van der Waals surface area contributed by atoms with Gasteiger partial charge in [0.05, 0.1) is 17.7 Å². The quantitative estimate of drug-likeness (QED) is 0.220. The molecule has 4 rings (SSSR count). The minimum atomic E-state index is -0.705. The molecule has 1 N–H and O–H groups in total. The summed E-state index contributed by atoms with van der Waals surface area (Å²) < 4.78 is 10.9. The van der Waals surface area contributed by atoms with Gasteiger partial charge < -0.3 is 19.5 Å². The van der Waals surface area contributed by atoms with E-state index in [9.17, 15) is 14.7 Å². The monoisotopic (exact) mass is 459 g/mol. The highest BCUT2D eigenvalue weighted by molar-refractivity contribution is 6.46. The van der Waals surface area contributed by atoms with Crippen molar-refractivity contribution < 1.29 is 24.2 Å². The molecule has 34 heavy (non-hydrogen) atoms. The highest BCUT2D eigenvalue weighted by atomic mass is 16.5. The third kappa shape index (κ3) is 4.54. The molecule has 0 radical (unpaired) electrons. The fraction of sp³-hybridized carbons (Fsp3) is 0.286. The van der Waals surface area contributed by atoms with Crippen molar-refractivity contribution in [3.63, 3.8) is 0 Å². The molecule has 6 heteroatoms. The van der Waals surface area contributed by atoms with E-state index in [2.05, 4.69) is 0 Å². The number of aliphatic hydroxyl groups excluding tert-OH is 1. The Morgan fingerprint density at radius 2 is 1.71 bits per heavy atom. The van der Waals surface area contributed by atoms with Gasteiger partial charge >= 0.3 is 0 Å². The Balaban J connectivity index is 1.84. The van der Waals surface area contributed by atoms with Crippen molar-refractivity contribution in [3.8, 4) is 5.75 Å². The SMILES string of the molecule is COCCCN1C(=O)C(=O)/C(=C(\O)c2cccc3ccccc23)C1c1ccc(OC(C)C)cc1. The van der Waals surface area contributed by atoms with Crippen molar-refractivity contribution in [2.75, 3.05) is 20.3 Å². The Hall–Kier alpha value is -3.64. The lowest BCUT2D eigenvalue weighted by Crippen LogP contribution is -2.31. The standard InChI is InChI=1S/C28H29NO5/c1-18(2)34-21-14-12-20(13-15-21)25-24(27(31)28(32)29(25)16-7-17-33-3)26(30)23-11-6-9-19-8-4-5-10-22(19)23/h4-6,8-15,18,25,30H,7,16-17H2,1-3H3/b26-24-. The molecule has 1 aliphatic heterocycles. The number of amides is 1. The number of carbonyl (C=O) groups is 2. The second kappa shape index (κ2) is 10.1. The van der Waals surface area contributed by atoms with Crippen molar-refractivity contribution in [1.29, 1.82) is 0 Å². The van der Waals surface area contributed by atoms with Crippen LogP contribution in [-0.4, -0.2) is 48.1 Å². The molecule has 1 atom stereocenters. The maximum Gasteiger partial charge on any atom is 0.295 e. The first kappa shape index (κ1) is 23.5. The van der Waals surface area contributed by atoms with E-state index in [1.54, 1.807) is 13.2 Å². The van der Waals surface area contributed by atoms with Crippen LogP contribution in [0.25, 0.3) is 16.5 Å². The lowest BCUT2D eigenvalue weighted by atomic mass is 9.93. The second-order valence-corrected chi connectivity index (χ2v) is 8.60. The van der Waals surface area contributed by atoms with E-state index in [1.165, 1.54) is 4.90 Å². The lowest BCUT2D eigenvalue weighted by Gasteiger charge is -2.25. The summed E-state index contributed by atoms with van der Waals surface area (Å²) in [5.41, 5.74) is 1.35. The number of hydrogen-bond donors (Lipinski definition) is 1. The predicted molar refractivity (Wildman–Crippen MR) is 132 cm³/mol. The molecule has 6 nitrogen and oxygen atoms in total. The van der Waals surface area contributed by atoms with Gasteiger partial charge in [-0.25, -0.2) is 0 Å². The van der Waals surface area contributed by atoms with Crippen LogP contribution in [0.1, 0.15) is 37.4 Å². The molecular formula is C28H29NO5. The molecule has 0 spiro atoms. The van der Waals surface area contributed by atoms with Crippen LogP contribution >= 0.6 is 0 Å². The van der Waals surface area contributed by atoms with E-state index in [0.29, 0.717) is 30.9 Å². The molecule has 0 aliphatic carbocycles. The first-order chi connectivity index (χ1) is 16.4. The summed E-state index contributed by atoms with van der Waals surface area (Å²) in [6, 6.07) is 19.8. The van der Waals surface area contributed by atoms with E-state index in [0.717, 1.165) is 16.3 Å². The fourth-order valence-electron chi connectivity index (χ4n) is 4.41. The maximum absolute atomic E-state index is 13.2. The number of fused-ring (bicyclic) bond motifs is 1. The van der Waals surface area contributed by atoms with E-state index < -0.39 is 17.7 Å². The third-order valence-corrected chi connectivity index (χ3v) is 5.90. The third-order valence-electron chi connectivity index (χ3n) is 5.90. The van der Waals surface area contributed by atoms with E-state index in [-0.39, 0.29) is 17.4 Å². The number of aliphatic hydroxyl groups is 1. The van der Waals surface area contributed by atoms with Crippen LogP contribution < -0.4 is 4.74 Å². The van der Waals surface area contributed by atoms with Crippen molar-refractivity contribution in [1.82, 2.24) is 4.90 Å². The molecular weight excluding hydrogens is 430 g/mol. The molecule has 3 aromatic carbocycles. The number of Topliss-reactive ketones (excluding diaryl/α,β-unsaturated/α-hetero) is 1. The van der Waals surface area contributed by atoms with E-state index in [4.69, 9.17) is 9.47 Å². The van der Waals surface area contributed by atoms with Gasteiger partial charge in [0.2, 0.25) is 0 Å². The smallest absolute Gasteiger partial charge is 0.295 e. The van der Waals surface area contributed by atoms with Crippen LogP contribution in [0.15, 0.2) is 72.3 Å². The molecule has 0 saturated carbocycles. The van der Waals surface area contributed by atoms with Gasteiger partial charge in [-0.2, -0.15) is 0 Å². The minimum absolute atomic E-state index is 0.0249. The maximum atomic E-state index is 13.2. The zero-order valence-electron chi connectivity index (χ0n) is 19.7. The van der Waals surface area contributed by atoms with Gasteiger partial charge in [0.1, 0.15) is 11.5 Å². The van der Waals surface area contributed by atoms with Gasteiger partial charge in [-0.3, -0.25) is 9.59 Å². The second-order valence-electron chi connectivity index (χ2n) is 8.60. The zero-order valence-corrected chi connectivity index (χ0v) is 19.7. The summed E-state index contributed by atoms with van der Waals surface area (Å²) in [5, 5.41) is 13.2. The normalized spacial score (nSPS) is 17.6. The lowest BCUT2D eigenvalue weighted by molar-refractivity contribution is -0.140. The Labute approximate surface area is 199 Å². The Morgan fingerprint density at radius 1 is 1.00 bits per heavy atom. The van der Waals surface area contributed by atoms with Gasteiger partial charge in [-0.15, -0.1) is 0 Å². The average Bonchev–Trinajstić information content (AvgIpc) is 3.08. The zero-order chi connectivity index (χ0) is 24.2. The molecule has 176 valence electrons. The summed E-state index contributed by atoms with van der Waals surface area (Å²) in [6.45, 7) is 4.69. The van der Waals surface area contributed by atoms with Crippen LogP contribution in [0.2, 0.25) is 0 Å². The number of likely N-dealkylation sites (tertiary alicyclic amines) is 1. The molecule has 1 unspecified atom stereocenters. The summed E-state index contributed by atoms with van der Waals surface area (Å²) in [4.78, 5) is 27.8. The minimum Gasteiger partial charge on any atom is -0.507 e. The molecule has 0 aromatic heterocycles. The van der Waals surface area contributed by atoms with Gasteiger partial charge in [0.25, 0.3) is 11.7 Å². The van der Waals surface area contributed by atoms with Gasteiger partial charge in [-0.1, -0.05) is 54.6 Å². The van der Waals surface area contributed by atoms with E-state index >= 15 is 0 Å². The Kier molecular flexibility index (Phi) is 6.98. The number of hydrogen-bond acceptors (Lipinski definition) is 5. The van der Waals surface area contributed by atoms with Crippen LogP contribution in [-0.2, 0) is 14.3 Å². The number of methoxy groups -OCH3 is 1. The fourth-order valence-corrected chi connectivity index (χ4v) is 4.41. The van der Waals surface area contributed by atoms with Gasteiger partial charge in [0, 0.05) is 25.8 Å². The summed E-state index contributed by atoms with van der Waals surface area (Å²) in [7, 11) is 1.60. The van der Waals surface area contributed by atoms with Crippen molar-refractivity contribution in [3.05, 3.63) is 83.4 Å². The number of carbonyl (C=O) groups excluding carboxylic acids is 2. The van der Waals surface area contributed by atoms with Crippen molar-refractivity contribution >= 4 is 28.2 Å². The number of benzene rings is 3. The van der Waals surface area contributed by atoms with Gasteiger partial charge in [-0.05, 0) is 48.7 Å². The summed E-state index contributed by atoms with van der Waals surface area (Å²) >= 11 is 0. The van der Waals surface area contributed by atoms with E-state index in [1.807, 2.05) is 74.5 Å². The van der Waals surface area contributed by atoms with Crippen LogP contribution in [0.4, 0.5) is 0 Å². The van der Waals surface area contributed by atoms with Gasteiger partial charge in [0.15, 0.2) is 0 Å².